The van der Waals surface area contributed by atoms with Gasteiger partial charge in [0.05, 0.1) is 24.0 Å². The number of benzene rings is 1. The smallest absolute Gasteiger partial charge is 0.194 e. The fraction of sp³-hybridized carbons (Fsp3) is 0.308. The molecule has 7 nitrogen and oxygen atoms in total. The van der Waals surface area contributed by atoms with Crippen LogP contribution in [0.1, 0.15) is 46.9 Å². The lowest BCUT2D eigenvalue weighted by atomic mass is 9.81. The molecule has 0 saturated carbocycles. The van der Waals surface area contributed by atoms with E-state index in [0.717, 1.165) is 42.7 Å². The minimum absolute atomic E-state index is 0.0232. The zero-order chi connectivity index (χ0) is 25.0. The third-order valence-electron chi connectivity index (χ3n) is 7.21. The molecule has 1 saturated heterocycles. The van der Waals surface area contributed by atoms with Crippen molar-refractivity contribution in [3.8, 4) is 17.1 Å². The normalized spacial score (nSPS) is 19.3. The molecule has 4 aromatic rings. The fourth-order valence-corrected chi connectivity index (χ4v) is 5.61. The van der Waals surface area contributed by atoms with Crippen molar-refractivity contribution in [3.63, 3.8) is 0 Å². The molecule has 5 heterocycles. The fourth-order valence-electron chi connectivity index (χ4n) is 5.61. The highest BCUT2D eigenvalue weighted by molar-refractivity contribution is 5.98. The van der Waals surface area contributed by atoms with Gasteiger partial charge < -0.3 is 0 Å². The van der Waals surface area contributed by atoms with Gasteiger partial charge in [-0.2, -0.15) is 10.2 Å². The number of nitrogens with zero attached hydrogens (tertiary/aromatic N) is 6. The van der Waals surface area contributed by atoms with E-state index in [2.05, 4.69) is 15.0 Å². The van der Waals surface area contributed by atoms with E-state index in [1.165, 1.54) is 0 Å². The van der Waals surface area contributed by atoms with Crippen LogP contribution in [0.3, 0.4) is 0 Å². The van der Waals surface area contributed by atoms with Crippen LogP contribution in [-0.2, 0) is 13.5 Å². The van der Waals surface area contributed by atoms with E-state index >= 15 is 0 Å². The van der Waals surface area contributed by atoms with Gasteiger partial charge in [-0.15, -0.1) is 0 Å². The number of aromatic nitrogens is 5. The zero-order valence-electron chi connectivity index (χ0n) is 19.5. The van der Waals surface area contributed by atoms with E-state index in [-0.39, 0.29) is 30.0 Å². The minimum atomic E-state index is -1.48. The molecule has 1 aromatic carbocycles. The van der Waals surface area contributed by atoms with E-state index < -0.39 is 17.5 Å². The summed E-state index contributed by atoms with van der Waals surface area (Å²) in [5, 5.41) is 8.89. The number of halogens is 3. The van der Waals surface area contributed by atoms with E-state index in [1.807, 2.05) is 0 Å². The first-order chi connectivity index (χ1) is 17.4. The highest BCUT2D eigenvalue weighted by Crippen LogP contribution is 2.44. The lowest BCUT2D eigenvalue weighted by Gasteiger charge is -2.45. The van der Waals surface area contributed by atoms with Gasteiger partial charge in [0.25, 0.3) is 0 Å². The summed E-state index contributed by atoms with van der Waals surface area (Å²) in [6.07, 6.45) is 8.35. The number of fused-ring (bicyclic) bond motifs is 4. The molecule has 3 aromatic heterocycles. The van der Waals surface area contributed by atoms with Crippen molar-refractivity contribution in [2.45, 2.75) is 37.8 Å². The highest BCUT2D eigenvalue weighted by Gasteiger charge is 2.41. The zero-order valence-corrected chi connectivity index (χ0v) is 19.5. The maximum atomic E-state index is 14.0. The molecule has 2 bridgehead atoms. The molecule has 184 valence electrons. The number of carbonyl (C=O) groups excluding carboxylic acids is 1. The summed E-state index contributed by atoms with van der Waals surface area (Å²) in [6.45, 7) is 0.225. The standard InChI is InChI=1S/C26H23F3N6O/c1-33-26(16-10-19(27)24(29)20(28)11-16)18-13-17-4-2-5-21(25(18)32-33)34(17)14-22(36)15-6-8-30-23(12-15)35-9-3-7-31-35/h3,6-12,17,21H,2,4-5,13-14H2,1H3/t17-,21+/m1/s1. The van der Waals surface area contributed by atoms with Crippen molar-refractivity contribution >= 4 is 5.78 Å². The molecule has 0 N–H and O–H groups in total. The monoisotopic (exact) mass is 492 g/mol. The Kier molecular flexibility index (Phi) is 5.48. The number of carbonyl (C=O) groups is 1. The summed E-state index contributed by atoms with van der Waals surface area (Å²) in [5.74, 6) is -3.39. The Bertz CT molecular complexity index is 1440. The predicted molar refractivity (Wildman–Crippen MR) is 125 cm³/mol. The van der Waals surface area contributed by atoms with Gasteiger partial charge in [-0.3, -0.25) is 14.4 Å². The number of piperidine rings is 1. The van der Waals surface area contributed by atoms with Gasteiger partial charge in [-0.25, -0.2) is 22.8 Å². The van der Waals surface area contributed by atoms with Gasteiger partial charge in [0, 0.05) is 48.4 Å². The van der Waals surface area contributed by atoms with Crippen LogP contribution >= 0.6 is 0 Å². The molecule has 0 spiro atoms. The second kappa shape index (κ2) is 8.70. The summed E-state index contributed by atoms with van der Waals surface area (Å²) in [5.41, 5.74) is 3.12. The third kappa shape index (κ3) is 3.72. The Labute approximate surface area is 205 Å². The first kappa shape index (κ1) is 22.7. The van der Waals surface area contributed by atoms with Gasteiger partial charge in [0.1, 0.15) is 0 Å². The quantitative estimate of drug-likeness (QED) is 0.305. The van der Waals surface area contributed by atoms with Crippen LogP contribution in [0.25, 0.3) is 17.1 Å². The van der Waals surface area contributed by atoms with E-state index in [4.69, 9.17) is 5.10 Å². The average Bonchev–Trinajstić information content (AvgIpc) is 3.51. The molecule has 2 atom stereocenters. The Balaban J connectivity index is 1.32. The maximum absolute atomic E-state index is 14.0. The lowest BCUT2D eigenvalue weighted by molar-refractivity contribution is 0.0562. The van der Waals surface area contributed by atoms with Crippen LogP contribution < -0.4 is 0 Å². The van der Waals surface area contributed by atoms with Crippen molar-refractivity contribution in [2.75, 3.05) is 6.54 Å². The number of rotatable bonds is 5. The predicted octanol–water partition coefficient (Wildman–Crippen LogP) is 4.42. The number of ketones is 1. The summed E-state index contributed by atoms with van der Waals surface area (Å²) in [7, 11) is 1.72. The first-order valence-electron chi connectivity index (χ1n) is 11.9. The van der Waals surface area contributed by atoms with Crippen LogP contribution in [0.4, 0.5) is 13.2 Å². The van der Waals surface area contributed by atoms with Crippen molar-refractivity contribution in [1.29, 1.82) is 0 Å². The molecule has 36 heavy (non-hydrogen) atoms. The van der Waals surface area contributed by atoms with Crippen LogP contribution in [0.15, 0.2) is 48.9 Å². The largest absolute Gasteiger partial charge is 0.293 e. The molecule has 2 aliphatic heterocycles. The molecule has 0 aliphatic carbocycles. The minimum Gasteiger partial charge on any atom is -0.293 e. The molecule has 0 unspecified atom stereocenters. The SMILES string of the molecule is Cn1nc2c(c1-c1cc(F)c(F)c(F)c1)C[C@H]1CCC[C@@H]2N1CC(=O)c1ccnc(-n2cccn2)c1. The summed E-state index contributed by atoms with van der Waals surface area (Å²) in [6, 6.07) is 7.26. The second-order valence-corrected chi connectivity index (χ2v) is 9.34. The molecular weight excluding hydrogens is 469 g/mol. The van der Waals surface area contributed by atoms with Crippen molar-refractivity contribution < 1.29 is 18.0 Å². The van der Waals surface area contributed by atoms with E-state index in [1.54, 1.807) is 53.2 Å². The van der Waals surface area contributed by atoms with Crippen LogP contribution in [-0.4, -0.2) is 47.8 Å². The van der Waals surface area contributed by atoms with Crippen LogP contribution in [0.2, 0.25) is 0 Å². The van der Waals surface area contributed by atoms with Gasteiger partial charge in [0.15, 0.2) is 29.1 Å². The molecule has 0 amide bonds. The summed E-state index contributed by atoms with van der Waals surface area (Å²) < 4.78 is 44.8. The van der Waals surface area contributed by atoms with Crippen molar-refractivity contribution in [1.82, 2.24) is 29.4 Å². The third-order valence-corrected chi connectivity index (χ3v) is 7.21. The van der Waals surface area contributed by atoms with Gasteiger partial charge in [-0.05, 0) is 56.0 Å². The molecule has 2 aliphatic rings. The Morgan fingerprint density at radius 1 is 1.11 bits per heavy atom. The second-order valence-electron chi connectivity index (χ2n) is 9.34. The van der Waals surface area contributed by atoms with Crippen molar-refractivity contribution in [2.24, 2.45) is 7.05 Å². The molecule has 6 rings (SSSR count). The van der Waals surface area contributed by atoms with Crippen molar-refractivity contribution in [3.05, 3.63) is 83.2 Å². The number of pyridine rings is 1. The molecule has 1 fully saturated rings. The topological polar surface area (TPSA) is 68.8 Å². The summed E-state index contributed by atoms with van der Waals surface area (Å²) >= 11 is 0. The Morgan fingerprint density at radius 3 is 2.67 bits per heavy atom. The molecular formula is C26H23F3N6O. The molecule has 0 radical (unpaired) electrons. The van der Waals surface area contributed by atoms with Gasteiger partial charge in [-0.1, -0.05) is 0 Å². The van der Waals surface area contributed by atoms with Gasteiger partial charge >= 0.3 is 0 Å². The maximum Gasteiger partial charge on any atom is 0.194 e. The molecule has 10 heteroatoms. The number of Topliss-reactive ketones (excluding diaryl/α,β-unsaturated/α-hetero) is 1. The first-order valence-corrected chi connectivity index (χ1v) is 11.9. The van der Waals surface area contributed by atoms with E-state index in [0.29, 0.717) is 23.5 Å². The van der Waals surface area contributed by atoms with E-state index in [9.17, 15) is 18.0 Å². The number of aryl methyl sites for hydroxylation is 1. The Hall–Kier alpha value is -3.79. The number of hydrogen-bond donors (Lipinski definition) is 0. The number of hydrogen-bond acceptors (Lipinski definition) is 5. The summed E-state index contributed by atoms with van der Waals surface area (Å²) in [4.78, 5) is 19.8. The lowest BCUT2D eigenvalue weighted by Crippen LogP contribution is -2.48. The van der Waals surface area contributed by atoms with Crippen LogP contribution in [0, 0.1) is 17.5 Å². The van der Waals surface area contributed by atoms with Crippen LogP contribution in [0.5, 0.6) is 0 Å². The highest BCUT2D eigenvalue weighted by atomic mass is 19.2. The Morgan fingerprint density at radius 2 is 1.92 bits per heavy atom. The average molecular weight is 493 g/mol. The van der Waals surface area contributed by atoms with Gasteiger partial charge in [0.2, 0.25) is 0 Å².